The van der Waals surface area contributed by atoms with Gasteiger partial charge in [-0.1, -0.05) is 37.6 Å². The monoisotopic (exact) mass is 524 g/mol. The Morgan fingerprint density at radius 2 is 1.87 bits per heavy atom. The van der Waals surface area contributed by atoms with Gasteiger partial charge in [0.05, 0.1) is 18.5 Å². The van der Waals surface area contributed by atoms with Crippen molar-refractivity contribution in [1.29, 1.82) is 0 Å². The number of hydrogen-bond acceptors (Lipinski definition) is 7. The van der Waals surface area contributed by atoms with Gasteiger partial charge in [-0.25, -0.2) is 14.3 Å². The van der Waals surface area contributed by atoms with Gasteiger partial charge in [-0.3, -0.25) is 4.79 Å². The van der Waals surface area contributed by atoms with E-state index in [0.717, 1.165) is 24.2 Å². The Balaban J connectivity index is 1.26. The summed E-state index contributed by atoms with van der Waals surface area (Å²) in [7, 11) is 0. The average Bonchev–Trinajstić information content (AvgIpc) is 3.61. The van der Waals surface area contributed by atoms with E-state index in [-0.39, 0.29) is 30.4 Å². The van der Waals surface area contributed by atoms with Gasteiger partial charge in [-0.05, 0) is 61.4 Å². The number of amides is 1. The third-order valence-corrected chi connectivity index (χ3v) is 6.04. The van der Waals surface area contributed by atoms with Crippen LogP contribution < -0.4 is 10.1 Å². The van der Waals surface area contributed by atoms with Crippen molar-refractivity contribution < 1.29 is 23.5 Å². The molecule has 0 aliphatic carbocycles. The minimum Gasteiger partial charge on any atom is -0.486 e. The maximum atomic E-state index is 12.9. The summed E-state index contributed by atoms with van der Waals surface area (Å²) in [5.74, 6) is 0.597. The fourth-order valence-electron chi connectivity index (χ4n) is 4.18. The summed E-state index contributed by atoms with van der Waals surface area (Å²) in [6, 6.07) is 20.4. The van der Waals surface area contributed by atoms with E-state index in [4.69, 9.17) is 13.9 Å². The number of anilines is 1. The summed E-state index contributed by atoms with van der Waals surface area (Å²) in [5, 5.41) is 7.20. The van der Waals surface area contributed by atoms with E-state index in [9.17, 15) is 9.59 Å². The summed E-state index contributed by atoms with van der Waals surface area (Å²) in [6.07, 6.45) is 5.17. The van der Waals surface area contributed by atoms with Crippen LogP contribution in [0.15, 0.2) is 83.5 Å². The zero-order valence-corrected chi connectivity index (χ0v) is 21.7. The van der Waals surface area contributed by atoms with Gasteiger partial charge in [0.2, 0.25) is 0 Å². The van der Waals surface area contributed by atoms with Gasteiger partial charge in [0.1, 0.15) is 23.7 Å². The molecule has 0 bridgehead atoms. The number of rotatable bonds is 10. The van der Waals surface area contributed by atoms with Gasteiger partial charge in [0.25, 0.3) is 5.91 Å². The normalized spacial score (nSPS) is 10.9. The molecule has 0 spiro atoms. The number of ether oxygens (including phenoxy) is 2. The number of carbonyl (C=O) groups is 2. The fourth-order valence-corrected chi connectivity index (χ4v) is 4.18. The van der Waals surface area contributed by atoms with Crippen molar-refractivity contribution in [3.05, 3.63) is 102 Å². The maximum Gasteiger partial charge on any atom is 0.343 e. The van der Waals surface area contributed by atoms with Crippen LogP contribution in [0.5, 0.6) is 5.75 Å². The largest absolute Gasteiger partial charge is 0.486 e. The first kappa shape index (κ1) is 25.7. The van der Waals surface area contributed by atoms with Crippen LogP contribution in [0.2, 0.25) is 0 Å². The Hall–Kier alpha value is -4.92. The highest BCUT2D eigenvalue weighted by Crippen LogP contribution is 2.25. The molecule has 0 saturated heterocycles. The molecule has 0 aliphatic heterocycles. The third kappa shape index (κ3) is 5.82. The predicted octanol–water partition coefficient (Wildman–Crippen LogP) is 5.95. The number of fused-ring (bicyclic) bond motifs is 1. The molecular formula is C30H28N4O5. The zero-order chi connectivity index (χ0) is 27.2. The van der Waals surface area contributed by atoms with Crippen molar-refractivity contribution in [3.63, 3.8) is 0 Å². The molecular weight excluding hydrogens is 496 g/mol. The SMILES string of the molecule is CCCc1ccc(OCc2ccc(C(=O)Nc3cccc(-c4ccnc5c(C(=O)OCC)cnn45)c3)o2)cc1. The molecule has 3 aromatic heterocycles. The van der Waals surface area contributed by atoms with Gasteiger partial charge in [-0.15, -0.1) is 0 Å². The van der Waals surface area contributed by atoms with Crippen LogP contribution in [0.4, 0.5) is 5.69 Å². The van der Waals surface area contributed by atoms with E-state index in [1.54, 1.807) is 41.9 Å². The van der Waals surface area contributed by atoms with E-state index < -0.39 is 5.97 Å². The van der Waals surface area contributed by atoms with Crippen LogP contribution >= 0.6 is 0 Å². The first-order valence-corrected chi connectivity index (χ1v) is 12.8. The molecule has 9 heteroatoms. The number of aryl methyl sites for hydroxylation is 1. The summed E-state index contributed by atoms with van der Waals surface area (Å²) in [4.78, 5) is 29.4. The molecule has 39 heavy (non-hydrogen) atoms. The highest BCUT2D eigenvalue weighted by molar-refractivity contribution is 6.02. The van der Waals surface area contributed by atoms with Crippen LogP contribution in [0.3, 0.4) is 0 Å². The fraction of sp³-hybridized carbons (Fsp3) is 0.200. The Morgan fingerprint density at radius 1 is 1.03 bits per heavy atom. The highest BCUT2D eigenvalue weighted by atomic mass is 16.5. The number of hydrogen-bond donors (Lipinski definition) is 1. The van der Waals surface area contributed by atoms with Gasteiger partial charge >= 0.3 is 5.97 Å². The topological polar surface area (TPSA) is 108 Å². The second-order valence-corrected chi connectivity index (χ2v) is 8.83. The second-order valence-electron chi connectivity index (χ2n) is 8.83. The Kier molecular flexibility index (Phi) is 7.68. The molecule has 1 N–H and O–H groups in total. The molecule has 1 amide bonds. The lowest BCUT2D eigenvalue weighted by Crippen LogP contribution is -2.11. The maximum absolute atomic E-state index is 12.9. The first-order chi connectivity index (χ1) is 19.1. The smallest absolute Gasteiger partial charge is 0.343 e. The quantitative estimate of drug-likeness (QED) is 0.225. The number of nitrogens with one attached hydrogen (secondary N) is 1. The van der Waals surface area contributed by atoms with Crippen molar-refractivity contribution in [2.24, 2.45) is 0 Å². The molecule has 0 saturated carbocycles. The Labute approximate surface area is 225 Å². The van der Waals surface area contributed by atoms with E-state index in [0.29, 0.717) is 22.8 Å². The van der Waals surface area contributed by atoms with Gasteiger partial charge in [-0.2, -0.15) is 5.10 Å². The molecule has 3 heterocycles. The number of benzene rings is 2. The standard InChI is InChI=1S/C30H28N4O5/c1-3-6-20-9-11-23(12-10-20)38-19-24-13-14-27(39-24)29(35)33-22-8-5-7-21(17-22)26-15-16-31-28-25(18-32-34(26)28)30(36)37-4-2/h5,7-18H,3-4,6,19H2,1-2H3,(H,33,35). The van der Waals surface area contributed by atoms with Crippen molar-refractivity contribution in [2.75, 3.05) is 11.9 Å². The number of aromatic nitrogens is 3. The van der Waals surface area contributed by atoms with Gasteiger partial charge < -0.3 is 19.2 Å². The minimum atomic E-state index is -0.480. The van der Waals surface area contributed by atoms with E-state index in [2.05, 4.69) is 34.5 Å². The minimum absolute atomic E-state index is 0.176. The lowest BCUT2D eigenvalue weighted by Gasteiger charge is -2.08. The summed E-state index contributed by atoms with van der Waals surface area (Å²) in [6.45, 7) is 4.36. The molecule has 0 atom stereocenters. The first-order valence-electron chi connectivity index (χ1n) is 12.8. The average molecular weight is 525 g/mol. The number of carbonyl (C=O) groups excluding carboxylic acids is 2. The zero-order valence-electron chi connectivity index (χ0n) is 21.7. The molecule has 0 radical (unpaired) electrons. The highest BCUT2D eigenvalue weighted by Gasteiger charge is 2.18. The lowest BCUT2D eigenvalue weighted by atomic mass is 10.1. The van der Waals surface area contributed by atoms with Crippen molar-refractivity contribution >= 4 is 23.2 Å². The van der Waals surface area contributed by atoms with E-state index in [1.807, 2.05) is 30.3 Å². The molecule has 0 fully saturated rings. The number of nitrogens with zero attached hydrogens (tertiary/aromatic N) is 3. The summed E-state index contributed by atoms with van der Waals surface area (Å²) < 4.78 is 18.2. The molecule has 0 unspecified atom stereocenters. The number of esters is 1. The van der Waals surface area contributed by atoms with E-state index in [1.165, 1.54) is 11.8 Å². The predicted molar refractivity (Wildman–Crippen MR) is 146 cm³/mol. The van der Waals surface area contributed by atoms with Crippen LogP contribution in [0.1, 0.15) is 52.5 Å². The second kappa shape index (κ2) is 11.6. The van der Waals surface area contributed by atoms with E-state index >= 15 is 0 Å². The van der Waals surface area contributed by atoms with Crippen LogP contribution in [0.25, 0.3) is 16.9 Å². The summed E-state index contributed by atoms with van der Waals surface area (Å²) >= 11 is 0. The van der Waals surface area contributed by atoms with Gasteiger partial charge in [0, 0.05) is 17.4 Å². The molecule has 0 aliphatic rings. The van der Waals surface area contributed by atoms with Crippen molar-refractivity contribution in [3.8, 4) is 17.0 Å². The van der Waals surface area contributed by atoms with Crippen molar-refractivity contribution in [2.45, 2.75) is 33.3 Å². The third-order valence-electron chi connectivity index (χ3n) is 6.04. The Bertz CT molecular complexity index is 1600. The molecule has 9 nitrogen and oxygen atoms in total. The molecule has 5 aromatic rings. The molecule has 5 rings (SSSR count). The van der Waals surface area contributed by atoms with Crippen LogP contribution in [-0.4, -0.2) is 33.1 Å². The van der Waals surface area contributed by atoms with Crippen LogP contribution in [-0.2, 0) is 17.8 Å². The van der Waals surface area contributed by atoms with Crippen LogP contribution in [0, 0.1) is 0 Å². The summed E-state index contributed by atoms with van der Waals surface area (Å²) in [5.41, 5.74) is 3.99. The van der Waals surface area contributed by atoms with Gasteiger partial charge in [0.15, 0.2) is 11.4 Å². The molecule has 2 aromatic carbocycles. The Morgan fingerprint density at radius 3 is 2.67 bits per heavy atom. The van der Waals surface area contributed by atoms with Crippen molar-refractivity contribution in [1.82, 2.24) is 14.6 Å². The number of furan rings is 1. The lowest BCUT2D eigenvalue weighted by molar-refractivity contribution is 0.0528. The molecule has 198 valence electrons.